The maximum atomic E-state index is 6.72. The number of nitrogens with one attached hydrogen (secondary N) is 2. The molecule has 0 saturated carbocycles. The molecule has 3 atom stereocenters. The number of rotatable bonds is 4. The van der Waals surface area contributed by atoms with E-state index in [0.717, 1.165) is 43.2 Å². The molecular weight excluding hydrogens is 645 g/mol. The van der Waals surface area contributed by atoms with Crippen molar-refractivity contribution in [1.29, 1.82) is 0 Å². The topological polar surface area (TPSA) is 56.2 Å². The van der Waals surface area contributed by atoms with Crippen LogP contribution < -0.4 is 10.6 Å². The van der Waals surface area contributed by atoms with Crippen molar-refractivity contribution in [3.05, 3.63) is 174 Å². The van der Waals surface area contributed by atoms with Crippen LogP contribution in [0.1, 0.15) is 29.7 Å². The van der Waals surface area contributed by atoms with Crippen LogP contribution >= 0.6 is 11.3 Å². The Kier molecular flexibility index (Phi) is 6.48. The Morgan fingerprint density at radius 2 is 1.25 bits per heavy atom. The zero-order chi connectivity index (χ0) is 33.5. The van der Waals surface area contributed by atoms with Gasteiger partial charge in [0.15, 0.2) is 5.58 Å². The van der Waals surface area contributed by atoms with Crippen molar-refractivity contribution in [2.24, 2.45) is 0 Å². The second-order valence-electron chi connectivity index (χ2n) is 13.3. The lowest BCUT2D eigenvalue weighted by Crippen LogP contribution is -2.46. The Balaban J connectivity index is 1.10. The highest BCUT2D eigenvalue weighted by Crippen LogP contribution is 2.48. The van der Waals surface area contributed by atoms with E-state index in [1.165, 1.54) is 42.9 Å². The third-order valence-electron chi connectivity index (χ3n) is 10.5. The zero-order valence-corrected chi connectivity index (χ0v) is 28.3. The van der Waals surface area contributed by atoms with Crippen LogP contribution in [-0.4, -0.2) is 4.57 Å². The smallest absolute Gasteiger partial charge is 0.153 e. The fourth-order valence-electron chi connectivity index (χ4n) is 8.23. The molecule has 0 spiro atoms. The van der Waals surface area contributed by atoms with Crippen molar-refractivity contribution in [1.82, 2.24) is 15.2 Å². The molecule has 0 aliphatic carbocycles. The first-order valence-electron chi connectivity index (χ1n) is 17.4. The van der Waals surface area contributed by atoms with E-state index in [1.54, 1.807) is 11.3 Å². The van der Waals surface area contributed by atoms with Crippen molar-refractivity contribution in [3.63, 3.8) is 0 Å². The van der Waals surface area contributed by atoms with E-state index >= 15 is 0 Å². The van der Waals surface area contributed by atoms with Gasteiger partial charge in [0, 0.05) is 48.1 Å². The van der Waals surface area contributed by atoms with Gasteiger partial charge in [-0.25, -0.2) is 0 Å². The summed E-state index contributed by atoms with van der Waals surface area (Å²) in [6.07, 6.45) is -0.721. The third-order valence-corrected chi connectivity index (χ3v) is 11.6. The highest BCUT2D eigenvalue weighted by molar-refractivity contribution is 7.26. The summed E-state index contributed by atoms with van der Waals surface area (Å²) >= 11 is 1.80. The first kappa shape index (κ1) is 29.0. The van der Waals surface area contributed by atoms with Gasteiger partial charge in [-0.1, -0.05) is 134 Å². The summed E-state index contributed by atoms with van der Waals surface area (Å²) in [5, 5.41) is 20.5. The number of thiophene rings is 1. The molecule has 0 bridgehead atoms. The van der Waals surface area contributed by atoms with Gasteiger partial charge in [-0.05, 0) is 58.9 Å². The molecule has 51 heavy (non-hydrogen) atoms. The van der Waals surface area contributed by atoms with Crippen LogP contribution in [0.15, 0.2) is 162 Å². The summed E-state index contributed by atoms with van der Waals surface area (Å²) in [7, 11) is 0. The molecule has 3 unspecified atom stereocenters. The van der Waals surface area contributed by atoms with E-state index in [-0.39, 0.29) is 18.6 Å². The number of aromatic nitrogens is 1. The monoisotopic (exact) mass is 675 g/mol. The van der Waals surface area contributed by atoms with Crippen LogP contribution in [0, 0.1) is 0 Å². The predicted octanol–water partition coefficient (Wildman–Crippen LogP) is 12.1. The first-order chi connectivity index (χ1) is 25.3. The lowest BCUT2D eigenvalue weighted by molar-refractivity contribution is 0.275. The Labute approximate surface area is 297 Å². The molecule has 10 aromatic rings. The van der Waals surface area contributed by atoms with Gasteiger partial charge in [-0.3, -0.25) is 5.32 Å². The SMILES string of the molecule is c1ccc(-c2cccc3oc4c(ccc5c4sc4cccc(C6[N-]C(n7c8ccccc8c8ccccc87)NC(c7ccccc7)N6)c45)c23)cc1. The molecule has 2 N–H and O–H groups in total. The predicted molar refractivity (Wildman–Crippen MR) is 212 cm³/mol. The molecular formula is C45H31N4OS-. The maximum Gasteiger partial charge on any atom is 0.153 e. The Morgan fingerprint density at radius 3 is 2.04 bits per heavy atom. The summed E-state index contributed by atoms with van der Waals surface area (Å²) in [6.45, 7) is 0. The van der Waals surface area contributed by atoms with Gasteiger partial charge >= 0.3 is 0 Å². The van der Waals surface area contributed by atoms with E-state index in [0.29, 0.717) is 0 Å². The average Bonchev–Trinajstić information content (AvgIpc) is 3.88. The number of nitrogens with zero attached hydrogens (tertiary/aromatic N) is 2. The van der Waals surface area contributed by atoms with E-state index < -0.39 is 0 Å². The van der Waals surface area contributed by atoms with E-state index in [9.17, 15) is 0 Å². The molecule has 1 aliphatic rings. The standard InChI is InChI=1S/C45H31N4OS/c1-3-13-27(14-4-1)29-19-11-23-37-39(29)32-25-26-33-40-34(20-12-24-38(40)51-42(33)41(32)50-37)44-46-43(28-15-5-2-6-16-28)47-45(48-44)49-35-21-9-7-17-30(35)31-18-8-10-22-36(31)49/h1-26,43-47H/q-1. The summed E-state index contributed by atoms with van der Waals surface area (Å²) in [6, 6.07) is 56.1. The van der Waals surface area contributed by atoms with Crippen molar-refractivity contribution < 1.29 is 4.42 Å². The summed E-state index contributed by atoms with van der Waals surface area (Å²) in [5.41, 5.74) is 8.88. The second-order valence-corrected chi connectivity index (χ2v) is 14.3. The number of benzene rings is 7. The van der Waals surface area contributed by atoms with Crippen LogP contribution in [0.2, 0.25) is 0 Å². The minimum Gasteiger partial charge on any atom is -0.610 e. The lowest BCUT2D eigenvalue weighted by Gasteiger charge is -2.51. The molecule has 1 aliphatic heterocycles. The number of para-hydroxylation sites is 2. The van der Waals surface area contributed by atoms with Crippen molar-refractivity contribution >= 4 is 75.3 Å². The molecule has 0 radical (unpaired) electrons. The van der Waals surface area contributed by atoms with Crippen molar-refractivity contribution in [2.75, 3.05) is 0 Å². The van der Waals surface area contributed by atoms with Gasteiger partial charge in [0.25, 0.3) is 0 Å². The number of hydrogen-bond acceptors (Lipinski definition) is 4. The number of hydrogen-bond donors (Lipinski definition) is 2. The molecule has 6 heteroatoms. The van der Waals surface area contributed by atoms with Crippen molar-refractivity contribution in [3.8, 4) is 11.1 Å². The lowest BCUT2D eigenvalue weighted by atomic mass is 9.98. The Bertz CT molecular complexity index is 2870. The van der Waals surface area contributed by atoms with Gasteiger partial charge in [0.2, 0.25) is 0 Å². The first-order valence-corrected chi connectivity index (χ1v) is 18.2. The van der Waals surface area contributed by atoms with E-state index in [1.807, 2.05) is 0 Å². The average molecular weight is 676 g/mol. The number of fused-ring (bicyclic) bond motifs is 10. The molecule has 0 amide bonds. The normalized spacial score (nSPS) is 18.2. The zero-order valence-electron chi connectivity index (χ0n) is 27.5. The van der Waals surface area contributed by atoms with Crippen LogP contribution in [0.3, 0.4) is 0 Å². The fourth-order valence-corrected chi connectivity index (χ4v) is 9.45. The summed E-state index contributed by atoms with van der Waals surface area (Å²) in [4.78, 5) is 0. The molecule has 244 valence electrons. The molecule has 1 fully saturated rings. The number of furan rings is 1. The van der Waals surface area contributed by atoms with Crippen LogP contribution in [0.5, 0.6) is 0 Å². The van der Waals surface area contributed by atoms with Crippen LogP contribution in [-0.2, 0) is 0 Å². The molecule has 1 saturated heterocycles. The molecule has 3 aromatic heterocycles. The maximum absolute atomic E-state index is 6.72. The highest BCUT2D eigenvalue weighted by atomic mass is 32.1. The molecule has 11 rings (SSSR count). The molecule has 7 aromatic carbocycles. The quantitative estimate of drug-likeness (QED) is 0.195. The van der Waals surface area contributed by atoms with Crippen LogP contribution in [0.4, 0.5) is 0 Å². The van der Waals surface area contributed by atoms with E-state index in [2.05, 4.69) is 173 Å². The van der Waals surface area contributed by atoms with Gasteiger partial charge in [0.05, 0.1) is 10.9 Å². The Morgan fingerprint density at radius 1 is 0.569 bits per heavy atom. The minimum absolute atomic E-state index is 0.128. The van der Waals surface area contributed by atoms with Gasteiger partial charge < -0.3 is 19.6 Å². The largest absolute Gasteiger partial charge is 0.610 e. The summed E-state index contributed by atoms with van der Waals surface area (Å²) in [5.74, 6) is 0. The molecule has 4 heterocycles. The fraction of sp³-hybridized carbons (Fsp3) is 0.0667. The third kappa shape index (κ3) is 4.45. The Hall–Kier alpha value is -5.76. The van der Waals surface area contributed by atoms with Gasteiger partial charge in [-0.2, -0.15) is 0 Å². The van der Waals surface area contributed by atoms with E-state index in [4.69, 9.17) is 9.73 Å². The second kappa shape index (κ2) is 11.4. The van der Waals surface area contributed by atoms with Crippen LogP contribution in [0.25, 0.3) is 80.4 Å². The highest BCUT2D eigenvalue weighted by Gasteiger charge is 2.26. The van der Waals surface area contributed by atoms with Gasteiger partial charge in [-0.15, -0.1) is 11.3 Å². The minimum atomic E-state index is -0.315. The van der Waals surface area contributed by atoms with Gasteiger partial charge in [0.1, 0.15) is 5.58 Å². The van der Waals surface area contributed by atoms with Crippen molar-refractivity contribution in [2.45, 2.75) is 18.6 Å². The molecule has 5 nitrogen and oxygen atoms in total. The summed E-state index contributed by atoms with van der Waals surface area (Å²) < 4.78 is 11.5.